The SMILES string of the molecule is CS(=O)(=O)c1cccc2c(CCNC[C@H](O)c3cccc(NS(=O)(=O)c4ccccc4N)c3)c[nH]c12. The molecule has 4 aromatic rings. The highest BCUT2D eigenvalue weighted by Crippen LogP contribution is 2.26. The van der Waals surface area contributed by atoms with Crippen LogP contribution in [0.15, 0.2) is 82.7 Å². The van der Waals surface area contributed by atoms with Crippen LogP contribution in [0.1, 0.15) is 17.2 Å². The molecule has 1 atom stereocenters. The van der Waals surface area contributed by atoms with Crippen molar-refractivity contribution in [3.8, 4) is 0 Å². The maximum atomic E-state index is 12.7. The third kappa shape index (κ3) is 5.71. The normalized spacial score (nSPS) is 13.1. The van der Waals surface area contributed by atoms with Crippen LogP contribution in [0.5, 0.6) is 0 Å². The Morgan fingerprint density at radius 2 is 1.69 bits per heavy atom. The number of sulfonamides is 1. The Kier molecular flexibility index (Phi) is 7.36. The van der Waals surface area contributed by atoms with Crippen LogP contribution in [0.4, 0.5) is 11.4 Å². The summed E-state index contributed by atoms with van der Waals surface area (Å²) in [5, 5.41) is 14.7. The number of aliphatic hydroxyl groups excluding tert-OH is 1. The zero-order valence-corrected chi connectivity index (χ0v) is 21.2. The number of aromatic amines is 1. The highest BCUT2D eigenvalue weighted by atomic mass is 32.2. The number of H-pyrrole nitrogens is 1. The van der Waals surface area contributed by atoms with Crippen molar-refractivity contribution in [3.63, 3.8) is 0 Å². The number of nitrogen functional groups attached to an aromatic ring is 1. The first-order valence-electron chi connectivity index (χ1n) is 11.2. The molecule has 1 heterocycles. The number of sulfone groups is 1. The Bertz CT molecular complexity index is 1600. The number of fused-ring (bicyclic) bond motifs is 1. The lowest BCUT2D eigenvalue weighted by molar-refractivity contribution is 0.175. The van der Waals surface area contributed by atoms with Crippen LogP contribution in [0.2, 0.25) is 0 Å². The molecule has 0 aliphatic rings. The molecule has 9 nitrogen and oxygen atoms in total. The molecule has 190 valence electrons. The predicted molar refractivity (Wildman–Crippen MR) is 141 cm³/mol. The average Bonchev–Trinajstić information content (AvgIpc) is 3.24. The van der Waals surface area contributed by atoms with Crippen LogP contribution in [0.3, 0.4) is 0 Å². The second-order valence-electron chi connectivity index (χ2n) is 8.50. The number of hydrogen-bond acceptors (Lipinski definition) is 7. The van der Waals surface area contributed by atoms with Crippen LogP contribution in [0.25, 0.3) is 10.9 Å². The van der Waals surface area contributed by atoms with Crippen molar-refractivity contribution in [2.75, 3.05) is 29.8 Å². The largest absolute Gasteiger partial charge is 0.398 e. The summed E-state index contributed by atoms with van der Waals surface area (Å²) >= 11 is 0. The Labute approximate surface area is 210 Å². The second kappa shape index (κ2) is 10.3. The molecule has 0 saturated heterocycles. The first-order valence-corrected chi connectivity index (χ1v) is 14.6. The molecule has 6 N–H and O–H groups in total. The van der Waals surface area contributed by atoms with E-state index in [2.05, 4.69) is 15.0 Å². The molecule has 0 aliphatic heterocycles. The van der Waals surface area contributed by atoms with Crippen LogP contribution in [-0.2, 0) is 26.3 Å². The van der Waals surface area contributed by atoms with E-state index in [1.807, 2.05) is 6.07 Å². The Morgan fingerprint density at radius 1 is 0.972 bits per heavy atom. The second-order valence-corrected chi connectivity index (χ2v) is 12.1. The number of aromatic nitrogens is 1. The first-order chi connectivity index (χ1) is 17.1. The molecule has 0 bridgehead atoms. The summed E-state index contributed by atoms with van der Waals surface area (Å²) in [5.74, 6) is 0. The van der Waals surface area contributed by atoms with Crippen molar-refractivity contribution in [3.05, 3.63) is 84.1 Å². The molecular formula is C25H28N4O5S2. The highest BCUT2D eigenvalue weighted by Gasteiger charge is 2.18. The van der Waals surface area contributed by atoms with E-state index in [4.69, 9.17) is 5.73 Å². The number of nitrogens with two attached hydrogens (primary N) is 1. The summed E-state index contributed by atoms with van der Waals surface area (Å²) in [4.78, 5) is 3.31. The van der Waals surface area contributed by atoms with Gasteiger partial charge < -0.3 is 21.1 Å². The first kappa shape index (κ1) is 25.7. The topological polar surface area (TPSA) is 154 Å². The molecule has 0 saturated carbocycles. The van der Waals surface area contributed by atoms with Gasteiger partial charge in [-0.1, -0.05) is 36.4 Å². The molecular weight excluding hydrogens is 500 g/mol. The maximum Gasteiger partial charge on any atom is 0.263 e. The van der Waals surface area contributed by atoms with E-state index in [1.54, 1.807) is 54.7 Å². The smallest absolute Gasteiger partial charge is 0.263 e. The lowest BCUT2D eigenvalue weighted by Crippen LogP contribution is -2.24. The van der Waals surface area contributed by atoms with Gasteiger partial charge in [0.25, 0.3) is 10.0 Å². The van der Waals surface area contributed by atoms with Crippen molar-refractivity contribution in [1.82, 2.24) is 10.3 Å². The molecule has 4 rings (SSSR count). The third-order valence-corrected chi connectivity index (χ3v) is 8.40. The maximum absolute atomic E-state index is 12.7. The summed E-state index contributed by atoms with van der Waals surface area (Å²) in [6.45, 7) is 0.797. The summed E-state index contributed by atoms with van der Waals surface area (Å²) in [6, 6.07) is 17.9. The molecule has 3 aromatic carbocycles. The summed E-state index contributed by atoms with van der Waals surface area (Å²) in [5.41, 5.74) is 8.37. The van der Waals surface area contributed by atoms with Gasteiger partial charge in [-0.15, -0.1) is 0 Å². The van der Waals surface area contributed by atoms with E-state index in [1.165, 1.54) is 18.4 Å². The Balaban J connectivity index is 1.37. The summed E-state index contributed by atoms with van der Waals surface area (Å²) in [7, 11) is -7.22. The fourth-order valence-electron chi connectivity index (χ4n) is 4.02. The molecule has 0 spiro atoms. The van der Waals surface area contributed by atoms with Crippen molar-refractivity contribution in [1.29, 1.82) is 0 Å². The van der Waals surface area contributed by atoms with E-state index < -0.39 is 26.0 Å². The predicted octanol–water partition coefficient (Wildman–Crippen LogP) is 2.82. The van der Waals surface area contributed by atoms with Gasteiger partial charge in [-0.05, 0) is 54.4 Å². The van der Waals surface area contributed by atoms with E-state index >= 15 is 0 Å². The van der Waals surface area contributed by atoms with Crippen LogP contribution < -0.4 is 15.8 Å². The Morgan fingerprint density at radius 3 is 2.44 bits per heavy atom. The average molecular weight is 529 g/mol. The van der Waals surface area contributed by atoms with Crippen LogP contribution in [-0.4, -0.2) is 46.3 Å². The molecule has 1 aromatic heterocycles. The zero-order chi connectivity index (χ0) is 25.9. The number of para-hydroxylation sites is 2. The van der Waals surface area contributed by atoms with Gasteiger partial charge >= 0.3 is 0 Å². The van der Waals surface area contributed by atoms with Crippen molar-refractivity contribution < 1.29 is 21.9 Å². The fraction of sp³-hybridized carbons (Fsp3) is 0.200. The standard InChI is InChI=1S/C25H28N4O5S2/c1-35(31,32)24-11-5-8-20-18(15-28-25(20)24)12-13-27-16-22(30)17-6-4-7-19(14-17)29-36(33,34)23-10-3-2-9-21(23)26/h2-11,14-15,22,27-30H,12-13,16,26H2,1H3/t22-/m0/s1. The van der Waals surface area contributed by atoms with Crippen molar-refractivity contribution in [2.24, 2.45) is 0 Å². The van der Waals surface area contributed by atoms with E-state index in [9.17, 15) is 21.9 Å². The summed E-state index contributed by atoms with van der Waals surface area (Å²) in [6.07, 6.45) is 2.74. The van der Waals surface area contributed by atoms with Gasteiger partial charge in [0.05, 0.1) is 22.2 Å². The Hall–Kier alpha value is -3.38. The van der Waals surface area contributed by atoms with Gasteiger partial charge in [0.1, 0.15) is 4.90 Å². The molecule has 0 unspecified atom stereocenters. The van der Waals surface area contributed by atoms with Gasteiger partial charge in [-0.3, -0.25) is 4.72 Å². The minimum absolute atomic E-state index is 0.0152. The number of hydrogen-bond donors (Lipinski definition) is 5. The van der Waals surface area contributed by atoms with Gasteiger partial charge in [0.2, 0.25) is 0 Å². The number of benzene rings is 3. The number of aliphatic hydroxyl groups is 1. The van der Waals surface area contributed by atoms with Crippen LogP contribution >= 0.6 is 0 Å². The van der Waals surface area contributed by atoms with Gasteiger partial charge in [-0.2, -0.15) is 0 Å². The number of nitrogens with one attached hydrogen (secondary N) is 3. The van der Waals surface area contributed by atoms with E-state index in [-0.39, 0.29) is 22.0 Å². The van der Waals surface area contributed by atoms with Crippen molar-refractivity contribution in [2.45, 2.75) is 22.3 Å². The minimum Gasteiger partial charge on any atom is -0.398 e. The van der Waals surface area contributed by atoms with Gasteiger partial charge in [0, 0.05) is 30.1 Å². The summed E-state index contributed by atoms with van der Waals surface area (Å²) < 4.78 is 51.9. The lowest BCUT2D eigenvalue weighted by Gasteiger charge is -2.15. The van der Waals surface area contributed by atoms with Crippen molar-refractivity contribution >= 4 is 42.1 Å². The quantitative estimate of drug-likeness (QED) is 0.157. The molecule has 0 radical (unpaired) electrons. The van der Waals surface area contributed by atoms with Crippen LogP contribution in [0, 0.1) is 0 Å². The van der Waals surface area contributed by atoms with E-state index in [0.29, 0.717) is 29.7 Å². The molecule has 0 amide bonds. The number of rotatable bonds is 10. The number of anilines is 2. The van der Waals surface area contributed by atoms with Gasteiger partial charge in [0.15, 0.2) is 9.84 Å². The molecule has 0 aliphatic carbocycles. The monoisotopic (exact) mass is 528 g/mol. The molecule has 0 fully saturated rings. The van der Waals surface area contributed by atoms with E-state index in [0.717, 1.165) is 10.9 Å². The fourth-order valence-corrected chi connectivity index (χ4v) is 6.07. The lowest BCUT2D eigenvalue weighted by atomic mass is 10.1. The molecule has 11 heteroatoms. The third-order valence-electron chi connectivity index (χ3n) is 5.80. The van der Waals surface area contributed by atoms with Gasteiger partial charge in [-0.25, -0.2) is 16.8 Å². The zero-order valence-electron chi connectivity index (χ0n) is 19.6. The highest BCUT2D eigenvalue weighted by molar-refractivity contribution is 7.93. The minimum atomic E-state index is -3.88. The molecule has 36 heavy (non-hydrogen) atoms.